The first-order chi connectivity index (χ1) is 36.6. The van der Waals surface area contributed by atoms with Crippen LogP contribution < -0.4 is 0 Å². The second kappa shape index (κ2) is 22.5. The number of ether oxygens (including phenoxy) is 1. The first-order valence-corrected chi connectivity index (χ1v) is 31.5. The number of aromatic nitrogens is 2. The molecule has 0 radical (unpaired) electrons. The number of halogens is 16. The van der Waals surface area contributed by atoms with Crippen molar-refractivity contribution in [3.05, 3.63) is 126 Å². The van der Waals surface area contributed by atoms with Crippen LogP contribution >= 0.6 is 31.1 Å². The van der Waals surface area contributed by atoms with Gasteiger partial charge in [-0.15, -0.1) is 0 Å². The molecule has 2 aromatic heterocycles. The molecule has 4 atom stereocenters. The minimum absolute atomic E-state index is 0.00706. The summed E-state index contributed by atoms with van der Waals surface area (Å²) < 4.78 is 251. The van der Waals surface area contributed by atoms with Crippen LogP contribution in [0.3, 0.4) is 0 Å². The number of benzene rings is 3. The van der Waals surface area contributed by atoms with Crippen LogP contribution in [0.15, 0.2) is 112 Å². The predicted octanol–water partition coefficient (Wildman–Crippen LogP) is 15.0. The highest BCUT2D eigenvalue weighted by atomic mass is 35.7. The van der Waals surface area contributed by atoms with E-state index in [1.54, 1.807) is 20.8 Å². The summed E-state index contributed by atoms with van der Waals surface area (Å²) in [6, 6.07) is 7.52. The van der Waals surface area contributed by atoms with E-state index in [1.165, 1.54) is 13.0 Å². The number of carbonyl (C=O) groups is 3. The molecule has 81 heavy (non-hydrogen) atoms. The number of rotatable bonds is 15. The maximum atomic E-state index is 14.4. The minimum atomic E-state index is -9.88. The Bertz CT molecular complexity index is 3390. The van der Waals surface area contributed by atoms with Crippen molar-refractivity contribution < 1.29 is 96.8 Å². The molecule has 2 saturated heterocycles. The van der Waals surface area contributed by atoms with Gasteiger partial charge in [0, 0.05) is 54.0 Å². The quantitative estimate of drug-likeness (QED) is 0.0729. The van der Waals surface area contributed by atoms with E-state index >= 15 is 0 Å². The lowest BCUT2D eigenvalue weighted by Crippen LogP contribution is -2.43. The number of likely N-dealkylation sites (tertiary alicyclic amines) is 1. The van der Waals surface area contributed by atoms with Gasteiger partial charge in [0.25, 0.3) is 0 Å². The number of amides is 1. The average Bonchev–Trinajstić information content (AvgIpc) is 4.17. The van der Waals surface area contributed by atoms with Gasteiger partial charge in [0.1, 0.15) is 45.2 Å². The lowest BCUT2D eigenvalue weighted by molar-refractivity contribution is -0.123. The van der Waals surface area contributed by atoms with Gasteiger partial charge in [0.15, 0.2) is 11.6 Å². The zero-order valence-electron chi connectivity index (χ0n) is 42.6. The van der Waals surface area contributed by atoms with Crippen LogP contribution in [-0.4, -0.2) is 103 Å². The number of Topliss-reactive ketones (excluding diaryl/α,β-unsaturated/α-hetero) is 2. The largest absolute Gasteiger partial charge is 0.444 e. The van der Waals surface area contributed by atoms with Gasteiger partial charge >= 0.3 is 26.5 Å². The van der Waals surface area contributed by atoms with Crippen LogP contribution in [0, 0.1) is 17.5 Å². The third-order valence-electron chi connectivity index (χ3n) is 11.9. The first-order valence-electron chi connectivity index (χ1n) is 23.7. The fraction of sp³-hybridized carbons (Fsp3) is 0.367. The maximum Gasteiger partial charge on any atom is 0.411 e. The maximum absolute atomic E-state index is 14.4. The fourth-order valence-corrected chi connectivity index (χ4v) is 10.9. The van der Waals surface area contributed by atoms with E-state index in [4.69, 9.17) is 4.74 Å². The Labute approximate surface area is 460 Å². The SMILES string of the molecule is CC(C)(C)OC(=O)N1C[C@H](F)C[C@H]1C(=O)CCc1cc(-c2ccc(S(F)(F)(F)(F)F)cc2)ncc1F.CCS(=O)(=O)Cl.O=C(CCc1cc(-c2ccc(S(F)(F)(F)(F)F)cc2)ncc1F)[C@@H]1C[C@@H](F)CN1S(=O)(=O)c1ccc(F)cc1. The third-order valence-corrected chi connectivity index (χ3v) is 17.5. The summed E-state index contributed by atoms with van der Waals surface area (Å²) in [5.74, 6) is -3.58. The Morgan fingerprint density at radius 3 is 1.40 bits per heavy atom. The third kappa shape index (κ3) is 18.7. The number of aryl methyl sites for hydroxylation is 2. The van der Waals surface area contributed by atoms with E-state index in [2.05, 4.69) is 20.7 Å². The van der Waals surface area contributed by atoms with Crippen LogP contribution in [0.5, 0.6) is 0 Å². The number of nitrogens with zero attached hydrogens (tertiary/aromatic N) is 4. The van der Waals surface area contributed by atoms with Crippen LogP contribution in [0.25, 0.3) is 22.5 Å². The van der Waals surface area contributed by atoms with Crippen molar-refractivity contribution >= 4 is 67.9 Å². The Kier molecular flexibility index (Phi) is 18.4. The van der Waals surface area contributed by atoms with E-state index < -0.39 is 134 Å². The second-order valence-corrected chi connectivity index (χ2v) is 29.2. The lowest BCUT2D eigenvalue weighted by atomic mass is 10.0. The van der Waals surface area contributed by atoms with Crippen LogP contribution in [0.2, 0.25) is 0 Å². The summed E-state index contributed by atoms with van der Waals surface area (Å²) in [6.07, 6.45) is -4.16. The molecule has 0 unspecified atom stereocenters. The molecule has 12 nitrogen and oxygen atoms in total. The number of alkyl halides is 2. The number of hydrogen-bond acceptors (Lipinski definition) is 10. The van der Waals surface area contributed by atoms with Gasteiger partial charge < -0.3 is 4.74 Å². The highest BCUT2D eigenvalue weighted by molar-refractivity contribution is 8.46. The number of carbonyl (C=O) groups excluding carboxylic acids is 3. The molecule has 4 heterocycles. The number of hydrogen-bond donors (Lipinski definition) is 0. The molecule has 2 aliphatic heterocycles. The van der Waals surface area contributed by atoms with Crippen molar-refractivity contribution in [3.63, 3.8) is 0 Å². The van der Waals surface area contributed by atoms with Gasteiger partial charge in [0.2, 0.25) is 19.1 Å². The van der Waals surface area contributed by atoms with E-state index in [9.17, 15) is 92.0 Å². The fourth-order valence-electron chi connectivity index (χ4n) is 7.94. The average molecular weight is 1270 g/mol. The lowest BCUT2D eigenvalue weighted by Gasteiger charge is -2.40. The monoisotopic (exact) mass is 1270 g/mol. The van der Waals surface area contributed by atoms with Gasteiger partial charge in [-0.2, -0.15) is 4.31 Å². The Hall–Kier alpha value is -5.63. The molecule has 450 valence electrons. The molecule has 5 aromatic rings. The van der Waals surface area contributed by atoms with Gasteiger partial charge in [0.05, 0.1) is 53.1 Å². The Morgan fingerprint density at radius 2 is 1.01 bits per heavy atom. The van der Waals surface area contributed by atoms with Gasteiger partial charge in [-0.3, -0.25) is 24.5 Å². The van der Waals surface area contributed by atoms with Crippen LogP contribution in [0.4, 0.5) is 65.6 Å². The summed E-state index contributed by atoms with van der Waals surface area (Å²) in [5.41, 5.74) is -1.02. The number of ketones is 2. The number of sulfonamides is 1. The van der Waals surface area contributed by atoms with E-state index in [0.29, 0.717) is 4.31 Å². The molecule has 0 aliphatic carbocycles. The summed E-state index contributed by atoms with van der Waals surface area (Å²) in [6.45, 7) is 5.45. The van der Waals surface area contributed by atoms with Crippen LogP contribution in [0.1, 0.15) is 64.5 Å². The smallest absolute Gasteiger partial charge is 0.411 e. The van der Waals surface area contributed by atoms with Gasteiger partial charge in [-0.25, -0.2) is 43.6 Å². The van der Waals surface area contributed by atoms with Crippen molar-refractivity contribution in [1.29, 1.82) is 0 Å². The van der Waals surface area contributed by atoms with Crippen molar-refractivity contribution in [1.82, 2.24) is 19.2 Å². The van der Waals surface area contributed by atoms with E-state index in [0.717, 1.165) is 71.9 Å². The van der Waals surface area contributed by atoms with Crippen molar-refractivity contribution in [3.8, 4) is 22.5 Å². The molecule has 32 heteroatoms. The molecule has 0 bridgehead atoms. The zero-order chi connectivity index (χ0) is 61.2. The van der Waals surface area contributed by atoms with Crippen molar-refractivity contribution in [2.75, 3.05) is 18.8 Å². The minimum Gasteiger partial charge on any atom is -0.444 e. The molecule has 0 spiro atoms. The van der Waals surface area contributed by atoms with E-state index in [1.807, 2.05) is 0 Å². The first kappa shape index (κ1) is 66.2. The molecule has 7 rings (SSSR count). The number of pyridine rings is 2. The molecule has 0 N–H and O–H groups in total. The summed E-state index contributed by atoms with van der Waals surface area (Å²) >= 11 is 0. The molecule has 1 amide bonds. The highest BCUT2D eigenvalue weighted by Crippen LogP contribution is 3.02. The molecule has 0 saturated carbocycles. The topological polar surface area (TPSA) is 161 Å². The van der Waals surface area contributed by atoms with Crippen LogP contribution in [-0.2, 0) is 46.2 Å². The zero-order valence-corrected chi connectivity index (χ0v) is 46.7. The molecular formula is C49H50ClF15N4O8S4. The van der Waals surface area contributed by atoms with Gasteiger partial charge in [-0.1, -0.05) is 70.0 Å². The second-order valence-electron chi connectivity index (χ2n) is 19.4. The van der Waals surface area contributed by atoms with Gasteiger partial charge in [-0.05, 0) is 105 Å². The normalized spacial score (nSPS) is 19.8. The standard InChI is InChI=1S/C24H20F8N2O3S2.C23H25F7N2O3S.C2H5ClO2S/c25-17-4-6-19(7-5-17)38(36,37)34-14-18(26)12-23(34)24(35)10-3-16-11-22(33-13-21(16)27)15-1-8-20(9-2-15)39(28,29,30,31)32;1-23(2,3)35-22(34)32-13-16(24)11-20(32)21(33)9-6-15-10-19(31-12-18(15)25)14-4-7-17(8-5-14)36(26,27,28,29)30;1-2-6(3,4)5/h1-2,4-9,11,13,18,23H,3,10,12,14H2;4-5,7-8,10,12,16,20H,6,9,11,13H2,1-3H3;2H2,1H3/t18-,23+;16-,20+;/m11./s1. The van der Waals surface area contributed by atoms with Crippen molar-refractivity contribution in [2.45, 2.75) is 111 Å². The predicted molar refractivity (Wildman–Crippen MR) is 274 cm³/mol. The summed E-state index contributed by atoms with van der Waals surface area (Å²) in [7, 11) is -22.6. The van der Waals surface area contributed by atoms with Crippen molar-refractivity contribution in [2.24, 2.45) is 0 Å². The molecule has 2 aliphatic rings. The molecule has 3 aromatic carbocycles. The Morgan fingerprint density at radius 1 is 0.630 bits per heavy atom. The summed E-state index contributed by atoms with van der Waals surface area (Å²) in [4.78, 5) is 42.1. The summed E-state index contributed by atoms with van der Waals surface area (Å²) in [5, 5.41) is 0. The molecule has 2 fully saturated rings. The highest BCUT2D eigenvalue weighted by Gasteiger charge is 2.66. The molecular weight excluding hydrogens is 1220 g/mol. The van der Waals surface area contributed by atoms with E-state index in [-0.39, 0.29) is 101 Å². The Balaban J connectivity index is 0.000000271.